The predicted molar refractivity (Wildman–Crippen MR) is 76.8 cm³/mol. The Hall–Kier alpha value is -1.62. The summed E-state index contributed by atoms with van der Waals surface area (Å²) in [7, 11) is 0. The van der Waals surface area contributed by atoms with Gasteiger partial charge in [0.05, 0.1) is 16.6 Å². The van der Waals surface area contributed by atoms with Crippen molar-refractivity contribution >= 4 is 17.3 Å². The van der Waals surface area contributed by atoms with Gasteiger partial charge in [0.25, 0.3) is 0 Å². The number of nitrogens with zero attached hydrogens (tertiary/aromatic N) is 4. The first-order valence-corrected chi connectivity index (χ1v) is 6.76. The van der Waals surface area contributed by atoms with Crippen molar-refractivity contribution in [1.29, 1.82) is 0 Å². The fourth-order valence-electron chi connectivity index (χ4n) is 2.29. The van der Waals surface area contributed by atoms with Crippen LogP contribution in [0.2, 0.25) is 5.02 Å². The topological polar surface area (TPSA) is 69.6 Å². The standard InChI is InChI=1S/C13H18ClN5/c1-4-11(8(2)3)19-13(16-17-18-19)12-9(14)6-5-7-10(12)15/h5-8,11H,4,15H2,1-3H3. The second kappa shape index (κ2) is 5.57. The number of tetrazole rings is 1. The van der Waals surface area contributed by atoms with Gasteiger partial charge in [-0.2, -0.15) is 0 Å². The Bertz CT molecular complexity index is 544. The molecule has 0 aliphatic heterocycles. The summed E-state index contributed by atoms with van der Waals surface area (Å²) in [4.78, 5) is 0. The van der Waals surface area contributed by atoms with E-state index >= 15 is 0 Å². The Morgan fingerprint density at radius 2 is 2.11 bits per heavy atom. The largest absolute Gasteiger partial charge is 0.398 e. The lowest BCUT2D eigenvalue weighted by Gasteiger charge is -2.20. The molecule has 0 saturated heterocycles. The average Bonchev–Trinajstić information content (AvgIpc) is 2.78. The van der Waals surface area contributed by atoms with Crippen LogP contribution in [0.4, 0.5) is 5.69 Å². The van der Waals surface area contributed by atoms with Crippen LogP contribution in [0.3, 0.4) is 0 Å². The molecule has 5 nitrogen and oxygen atoms in total. The first kappa shape index (κ1) is 13.8. The van der Waals surface area contributed by atoms with E-state index in [-0.39, 0.29) is 6.04 Å². The smallest absolute Gasteiger partial charge is 0.185 e. The predicted octanol–water partition coefficient (Wildman–Crippen LogP) is 3.18. The van der Waals surface area contributed by atoms with Crippen LogP contribution in [0.5, 0.6) is 0 Å². The van der Waals surface area contributed by atoms with Gasteiger partial charge in [-0.05, 0) is 34.9 Å². The van der Waals surface area contributed by atoms with Gasteiger partial charge in [-0.25, -0.2) is 4.68 Å². The molecular formula is C13H18ClN5. The van der Waals surface area contributed by atoms with Gasteiger partial charge in [0.15, 0.2) is 5.82 Å². The van der Waals surface area contributed by atoms with E-state index in [0.717, 1.165) is 6.42 Å². The molecule has 1 aromatic carbocycles. The molecule has 0 radical (unpaired) electrons. The van der Waals surface area contributed by atoms with Gasteiger partial charge in [-0.1, -0.05) is 38.4 Å². The van der Waals surface area contributed by atoms with E-state index in [2.05, 4.69) is 36.3 Å². The number of anilines is 1. The van der Waals surface area contributed by atoms with Gasteiger partial charge in [-0.15, -0.1) is 5.10 Å². The molecule has 2 aromatic rings. The van der Waals surface area contributed by atoms with Gasteiger partial charge >= 0.3 is 0 Å². The molecule has 0 amide bonds. The van der Waals surface area contributed by atoms with E-state index in [1.807, 2.05) is 10.7 Å². The van der Waals surface area contributed by atoms with Gasteiger partial charge in [-0.3, -0.25) is 0 Å². The number of halogens is 1. The van der Waals surface area contributed by atoms with Crippen LogP contribution >= 0.6 is 11.6 Å². The first-order valence-electron chi connectivity index (χ1n) is 6.38. The Kier molecular flexibility index (Phi) is 4.04. The summed E-state index contributed by atoms with van der Waals surface area (Å²) >= 11 is 6.23. The molecule has 1 aromatic heterocycles. The molecule has 2 rings (SSSR count). The minimum absolute atomic E-state index is 0.223. The van der Waals surface area contributed by atoms with Crippen molar-refractivity contribution in [3.63, 3.8) is 0 Å². The quantitative estimate of drug-likeness (QED) is 0.873. The zero-order valence-electron chi connectivity index (χ0n) is 11.3. The summed E-state index contributed by atoms with van der Waals surface area (Å²) in [5, 5.41) is 12.6. The first-order chi connectivity index (χ1) is 9.06. The van der Waals surface area contributed by atoms with Crippen LogP contribution in [0.15, 0.2) is 18.2 Å². The minimum atomic E-state index is 0.223. The Labute approximate surface area is 117 Å². The fourth-order valence-corrected chi connectivity index (χ4v) is 2.55. The molecule has 0 aliphatic carbocycles. The van der Waals surface area contributed by atoms with Crippen molar-refractivity contribution in [1.82, 2.24) is 20.2 Å². The highest BCUT2D eigenvalue weighted by molar-refractivity contribution is 6.33. The summed E-state index contributed by atoms with van der Waals surface area (Å²) < 4.78 is 1.82. The number of hydrogen-bond acceptors (Lipinski definition) is 4. The lowest BCUT2D eigenvalue weighted by Crippen LogP contribution is -2.17. The van der Waals surface area contributed by atoms with Crippen LogP contribution in [0.1, 0.15) is 33.2 Å². The number of hydrogen-bond donors (Lipinski definition) is 1. The molecule has 1 unspecified atom stereocenters. The molecule has 102 valence electrons. The normalized spacial score (nSPS) is 12.9. The van der Waals surface area contributed by atoms with Crippen molar-refractivity contribution in [3.05, 3.63) is 23.2 Å². The van der Waals surface area contributed by atoms with Crippen LogP contribution < -0.4 is 5.73 Å². The van der Waals surface area contributed by atoms with Crippen LogP contribution in [-0.2, 0) is 0 Å². The number of rotatable bonds is 4. The molecule has 0 saturated carbocycles. The Morgan fingerprint density at radius 1 is 1.37 bits per heavy atom. The summed E-state index contributed by atoms with van der Waals surface area (Å²) in [5.74, 6) is 1.06. The molecule has 1 heterocycles. The van der Waals surface area contributed by atoms with Gasteiger partial charge in [0.2, 0.25) is 0 Å². The number of aromatic nitrogens is 4. The molecule has 0 bridgehead atoms. The fraction of sp³-hybridized carbons (Fsp3) is 0.462. The van der Waals surface area contributed by atoms with Crippen LogP contribution in [-0.4, -0.2) is 20.2 Å². The lowest BCUT2D eigenvalue weighted by molar-refractivity contribution is 0.333. The van der Waals surface area contributed by atoms with Crippen molar-refractivity contribution in [2.45, 2.75) is 33.2 Å². The third kappa shape index (κ3) is 2.56. The van der Waals surface area contributed by atoms with E-state index in [4.69, 9.17) is 17.3 Å². The zero-order valence-corrected chi connectivity index (χ0v) is 12.1. The van der Waals surface area contributed by atoms with E-state index in [9.17, 15) is 0 Å². The van der Waals surface area contributed by atoms with E-state index < -0.39 is 0 Å². The summed E-state index contributed by atoms with van der Waals surface area (Å²) in [6.45, 7) is 6.41. The molecule has 6 heteroatoms. The third-order valence-electron chi connectivity index (χ3n) is 3.26. The lowest BCUT2D eigenvalue weighted by atomic mass is 10.0. The highest BCUT2D eigenvalue weighted by Gasteiger charge is 2.22. The van der Waals surface area contributed by atoms with Gasteiger partial charge in [0, 0.05) is 5.69 Å². The highest BCUT2D eigenvalue weighted by atomic mass is 35.5. The molecular weight excluding hydrogens is 262 g/mol. The zero-order chi connectivity index (χ0) is 14.0. The summed E-state index contributed by atoms with van der Waals surface area (Å²) in [6.07, 6.45) is 0.945. The molecule has 19 heavy (non-hydrogen) atoms. The minimum Gasteiger partial charge on any atom is -0.398 e. The molecule has 1 atom stereocenters. The second-order valence-corrected chi connectivity index (χ2v) is 5.28. The SMILES string of the molecule is CCC(C(C)C)n1nnnc1-c1c(N)cccc1Cl. The Balaban J connectivity index is 2.56. The second-order valence-electron chi connectivity index (χ2n) is 4.87. The third-order valence-corrected chi connectivity index (χ3v) is 3.58. The maximum Gasteiger partial charge on any atom is 0.185 e. The molecule has 0 spiro atoms. The number of nitrogen functional groups attached to an aromatic ring is 1. The highest BCUT2D eigenvalue weighted by Crippen LogP contribution is 2.34. The van der Waals surface area contributed by atoms with Crippen molar-refractivity contribution in [2.75, 3.05) is 5.73 Å². The molecule has 0 fully saturated rings. The summed E-state index contributed by atoms with van der Waals surface area (Å²) in [6, 6.07) is 5.63. The van der Waals surface area contributed by atoms with Crippen LogP contribution in [0.25, 0.3) is 11.4 Å². The van der Waals surface area contributed by atoms with E-state index in [1.165, 1.54) is 0 Å². The van der Waals surface area contributed by atoms with E-state index in [0.29, 0.717) is 28.0 Å². The van der Waals surface area contributed by atoms with Crippen molar-refractivity contribution < 1.29 is 0 Å². The maximum absolute atomic E-state index is 6.23. The monoisotopic (exact) mass is 279 g/mol. The van der Waals surface area contributed by atoms with Gasteiger partial charge < -0.3 is 5.73 Å². The molecule has 2 N–H and O–H groups in total. The maximum atomic E-state index is 6.23. The number of nitrogens with two attached hydrogens (primary N) is 1. The average molecular weight is 280 g/mol. The van der Waals surface area contributed by atoms with Crippen LogP contribution in [0, 0.1) is 5.92 Å². The van der Waals surface area contributed by atoms with Gasteiger partial charge in [0.1, 0.15) is 0 Å². The van der Waals surface area contributed by atoms with Crippen molar-refractivity contribution in [3.8, 4) is 11.4 Å². The molecule has 0 aliphatic rings. The van der Waals surface area contributed by atoms with Crippen molar-refractivity contribution in [2.24, 2.45) is 5.92 Å². The number of benzene rings is 1. The van der Waals surface area contributed by atoms with E-state index in [1.54, 1.807) is 12.1 Å². The Morgan fingerprint density at radius 3 is 2.68 bits per heavy atom. The summed E-state index contributed by atoms with van der Waals surface area (Å²) in [5.41, 5.74) is 7.29.